The molecule has 1 N–H and O–H groups in total. The maximum absolute atomic E-state index is 13.4. The molecule has 0 bridgehead atoms. The highest BCUT2D eigenvalue weighted by atomic mass is 35.5. The van der Waals surface area contributed by atoms with E-state index >= 15 is 0 Å². The lowest BCUT2D eigenvalue weighted by Crippen LogP contribution is -2.31. The number of hydrogen-bond donors (Lipinski definition) is 1. The molecule has 0 aliphatic rings. The van der Waals surface area contributed by atoms with Crippen LogP contribution in [0.2, 0.25) is 5.02 Å². The van der Waals surface area contributed by atoms with Crippen LogP contribution in [0.1, 0.15) is 24.1 Å². The number of rotatable bonds is 5. The number of hydrogen-bond acceptors (Lipinski definition) is 2. The Balaban J connectivity index is 2.18. The topological polar surface area (TPSA) is 21.3 Å². The second kappa shape index (κ2) is 6.92. The molecule has 112 valence electrons. The van der Waals surface area contributed by atoms with E-state index < -0.39 is 0 Å². The summed E-state index contributed by atoms with van der Waals surface area (Å²) in [5.41, 5.74) is 1.62. The Kier molecular flexibility index (Phi) is 5.21. The molecule has 2 rings (SSSR count). The van der Waals surface area contributed by atoms with Gasteiger partial charge in [-0.2, -0.15) is 0 Å². The van der Waals surface area contributed by atoms with E-state index in [0.717, 1.165) is 5.56 Å². The average molecular weight is 308 g/mol. The minimum atomic E-state index is -0.197. The normalized spacial score (nSPS) is 13.8. The van der Waals surface area contributed by atoms with E-state index in [1.165, 1.54) is 6.07 Å². The summed E-state index contributed by atoms with van der Waals surface area (Å²) < 4.78 is 19.3. The summed E-state index contributed by atoms with van der Waals surface area (Å²) in [5, 5.41) is 3.86. The van der Waals surface area contributed by atoms with Gasteiger partial charge in [-0.3, -0.25) is 0 Å². The number of benzene rings is 2. The summed E-state index contributed by atoms with van der Waals surface area (Å²) in [6, 6.07) is 12.4. The SMILES string of the molecule is CNC(c1ccc(F)c(C)c1)C(C)Oc1cccc(Cl)c1. The van der Waals surface area contributed by atoms with Crippen molar-refractivity contribution in [2.45, 2.75) is 26.0 Å². The molecule has 0 aliphatic carbocycles. The number of likely N-dealkylation sites (N-methyl/N-ethyl adjacent to an activating group) is 1. The van der Waals surface area contributed by atoms with Gasteiger partial charge in [0.2, 0.25) is 0 Å². The van der Waals surface area contributed by atoms with E-state index in [9.17, 15) is 4.39 Å². The van der Waals surface area contributed by atoms with Gasteiger partial charge in [0.25, 0.3) is 0 Å². The van der Waals surface area contributed by atoms with Crippen LogP contribution in [0.4, 0.5) is 4.39 Å². The Morgan fingerprint density at radius 2 is 1.95 bits per heavy atom. The zero-order chi connectivity index (χ0) is 15.4. The van der Waals surface area contributed by atoms with Crippen LogP contribution in [0.3, 0.4) is 0 Å². The smallest absolute Gasteiger partial charge is 0.126 e. The molecule has 2 atom stereocenters. The van der Waals surface area contributed by atoms with Crippen LogP contribution < -0.4 is 10.1 Å². The zero-order valence-electron chi connectivity index (χ0n) is 12.4. The van der Waals surface area contributed by atoms with Crippen LogP contribution >= 0.6 is 11.6 Å². The lowest BCUT2D eigenvalue weighted by molar-refractivity contribution is 0.175. The summed E-state index contributed by atoms with van der Waals surface area (Å²) in [4.78, 5) is 0. The van der Waals surface area contributed by atoms with E-state index in [-0.39, 0.29) is 18.0 Å². The van der Waals surface area contributed by atoms with Crippen molar-refractivity contribution in [1.82, 2.24) is 5.32 Å². The summed E-state index contributed by atoms with van der Waals surface area (Å²) in [6.45, 7) is 3.73. The molecule has 0 aliphatic heterocycles. The van der Waals surface area contributed by atoms with E-state index in [4.69, 9.17) is 16.3 Å². The van der Waals surface area contributed by atoms with Gasteiger partial charge in [-0.1, -0.05) is 29.8 Å². The molecule has 0 amide bonds. The molecular formula is C17H19ClFNO. The molecule has 0 radical (unpaired) electrons. The monoisotopic (exact) mass is 307 g/mol. The van der Waals surface area contributed by atoms with Crippen molar-refractivity contribution in [3.05, 3.63) is 64.4 Å². The predicted octanol–water partition coefficient (Wildman–Crippen LogP) is 4.52. The number of aryl methyl sites for hydroxylation is 1. The molecule has 0 saturated heterocycles. The van der Waals surface area contributed by atoms with E-state index in [0.29, 0.717) is 16.3 Å². The highest BCUT2D eigenvalue weighted by Crippen LogP contribution is 2.25. The Labute approximate surface area is 129 Å². The third-order valence-corrected chi connectivity index (χ3v) is 3.67. The molecule has 0 fully saturated rings. The maximum atomic E-state index is 13.4. The maximum Gasteiger partial charge on any atom is 0.126 e. The van der Waals surface area contributed by atoms with Gasteiger partial charge in [0, 0.05) is 5.02 Å². The van der Waals surface area contributed by atoms with Gasteiger partial charge >= 0.3 is 0 Å². The van der Waals surface area contributed by atoms with Crippen molar-refractivity contribution >= 4 is 11.6 Å². The lowest BCUT2D eigenvalue weighted by Gasteiger charge is -2.25. The van der Waals surface area contributed by atoms with Crippen molar-refractivity contribution < 1.29 is 9.13 Å². The first-order valence-corrected chi connectivity index (χ1v) is 7.24. The van der Waals surface area contributed by atoms with Gasteiger partial charge in [-0.05, 0) is 56.3 Å². The average Bonchev–Trinajstić information content (AvgIpc) is 2.43. The fourth-order valence-corrected chi connectivity index (χ4v) is 2.54. The minimum absolute atomic E-state index is 0.0386. The number of halogens is 2. The molecule has 0 aromatic heterocycles. The second-order valence-corrected chi connectivity index (χ2v) is 5.49. The van der Waals surface area contributed by atoms with Gasteiger partial charge in [0.15, 0.2) is 0 Å². The van der Waals surface area contributed by atoms with Crippen molar-refractivity contribution in [3.8, 4) is 5.75 Å². The van der Waals surface area contributed by atoms with Crippen molar-refractivity contribution in [2.75, 3.05) is 7.05 Å². The Morgan fingerprint density at radius 3 is 2.57 bits per heavy atom. The Hall–Kier alpha value is -1.58. The fraction of sp³-hybridized carbons (Fsp3) is 0.294. The van der Waals surface area contributed by atoms with Crippen molar-refractivity contribution in [2.24, 2.45) is 0 Å². The number of nitrogens with one attached hydrogen (secondary N) is 1. The Morgan fingerprint density at radius 1 is 1.19 bits per heavy atom. The molecule has 0 saturated carbocycles. The first-order chi connectivity index (χ1) is 10.0. The molecule has 0 heterocycles. The molecule has 21 heavy (non-hydrogen) atoms. The van der Waals surface area contributed by atoms with Crippen LogP contribution in [-0.2, 0) is 0 Å². The van der Waals surface area contributed by atoms with Gasteiger partial charge < -0.3 is 10.1 Å². The quantitative estimate of drug-likeness (QED) is 0.877. The van der Waals surface area contributed by atoms with Crippen LogP contribution in [0.5, 0.6) is 5.75 Å². The van der Waals surface area contributed by atoms with Gasteiger partial charge in [0.05, 0.1) is 6.04 Å². The molecule has 2 aromatic carbocycles. The standard InChI is InChI=1S/C17H19ClFNO/c1-11-9-13(7-8-16(11)19)17(20-3)12(2)21-15-6-4-5-14(18)10-15/h4-10,12,17,20H,1-3H3. The highest BCUT2D eigenvalue weighted by Gasteiger charge is 2.20. The molecule has 2 nitrogen and oxygen atoms in total. The third-order valence-electron chi connectivity index (χ3n) is 3.44. The molecule has 0 spiro atoms. The largest absolute Gasteiger partial charge is 0.489 e. The summed E-state index contributed by atoms with van der Waals surface area (Å²) in [7, 11) is 1.86. The Bertz CT molecular complexity index is 617. The summed E-state index contributed by atoms with van der Waals surface area (Å²) in [6.07, 6.45) is -0.127. The fourth-order valence-electron chi connectivity index (χ4n) is 2.36. The second-order valence-electron chi connectivity index (χ2n) is 5.06. The summed E-state index contributed by atoms with van der Waals surface area (Å²) in [5.74, 6) is 0.520. The van der Waals surface area contributed by atoms with Gasteiger partial charge in [-0.15, -0.1) is 0 Å². The molecule has 2 aromatic rings. The van der Waals surface area contributed by atoms with Gasteiger partial charge in [0.1, 0.15) is 17.7 Å². The highest BCUT2D eigenvalue weighted by molar-refractivity contribution is 6.30. The van der Waals surface area contributed by atoms with Crippen LogP contribution in [0.15, 0.2) is 42.5 Å². The molecular weight excluding hydrogens is 289 g/mol. The van der Waals surface area contributed by atoms with Crippen LogP contribution in [0.25, 0.3) is 0 Å². The first kappa shape index (κ1) is 15.8. The molecule has 4 heteroatoms. The summed E-state index contributed by atoms with van der Waals surface area (Å²) >= 11 is 5.96. The van der Waals surface area contributed by atoms with Crippen LogP contribution in [0, 0.1) is 12.7 Å². The van der Waals surface area contributed by atoms with E-state index in [1.54, 1.807) is 25.1 Å². The predicted molar refractivity (Wildman–Crippen MR) is 84.5 cm³/mol. The zero-order valence-corrected chi connectivity index (χ0v) is 13.1. The van der Waals surface area contributed by atoms with Gasteiger partial charge in [-0.25, -0.2) is 4.39 Å². The van der Waals surface area contributed by atoms with E-state index in [2.05, 4.69) is 5.32 Å². The number of ether oxygens (including phenoxy) is 1. The van der Waals surface area contributed by atoms with E-state index in [1.807, 2.05) is 32.2 Å². The lowest BCUT2D eigenvalue weighted by atomic mass is 10.00. The first-order valence-electron chi connectivity index (χ1n) is 6.87. The van der Waals surface area contributed by atoms with Crippen LogP contribution in [-0.4, -0.2) is 13.2 Å². The third kappa shape index (κ3) is 3.96. The minimum Gasteiger partial charge on any atom is -0.489 e. The van der Waals surface area contributed by atoms with Crippen molar-refractivity contribution in [1.29, 1.82) is 0 Å². The molecule has 2 unspecified atom stereocenters. The van der Waals surface area contributed by atoms with Crippen molar-refractivity contribution in [3.63, 3.8) is 0 Å².